The normalized spacial score (nSPS) is 10.9. The van der Waals surface area contributed by atoms with Crippen LogP contribution in [-0.4, -0.2) is 25.3 Å². The average Bonchev–Trinajstić information content (AvgIpc) is 2.77. The van der Waals surface area contributed by atoms with Crippen molar-refractivity contribution in [1.82, 2.24) is 5.43 Å². The van der Waals surface area contributed by atoms with Gasteiger partial charge in [0.1, 0.15) is 0 Å². The summed E-state index contributed by atoms with van der Waals surface area (Å²) in [5.41, 5.74) is 3.67. The van der Waals surface area contributed by atoms with Crippen molar-refractivity contribution in [2.24, 2.45) is 5.10 Å². The maximum absolute atomic E-state index is 12.2. The molecule has 6 heteroatoms. The van der Waals surface area contributed by atoms with Crippen molar-refractivity contribution in [2.45, 2.75) is 58.8 Å². The number of ether oxygens (including phenoxy) is 2. The minimum Gasteiger partial charge on any atom is -0.490 e. The van der Waals surface area contributed by atoms with E-state index in [9.17, 15) is 4.79 Å². The third kappa shape index (κ3) is 9.01. The van der Waals surface area contributed by atoms with E-state index < -0.39 is 0 Å². The third-order valence-corrected chi connectivity index (χ3v) is 5.10. The van der Waals surface area contributed by atoms with Gasteiger partial charge < -0.3 is 9.47 Å². The fourth-order valence-corrected chi connectivity index (χ4v) is 3.33. The van der Waals surface area contributed by atoms with Crippen LogP contribution in [-0.2, 0) is 0 Å². The van der Waals surface area contributed by atoms with Gasteiger partial charge in [0.2, 0.25) is 0 Å². The number of unbranched alkanes of at least 4 members (excludes halogenated alkanes) is 6. The van der Waals surface area contributed by atoms with Gasteiger partial charge in [0.15, 0.2) is 11.5 Å². The Kier molecular flexibility index (Phi) is 11.5. The molecule has 0 saturated carbocycles. The van der Waals surface area contributed by atoms with Crippen molar-refractivity contribution in [3.8, 4) is 11.5 Å². The number of benzene rings is 2. The van der Waals surface area contributed by atoms with Crippen LogP contribution in [0, 0.1) is 0 Å². The van der Waals surface area contributed by atoms with E-state index in [1.54, 1.807) is 30.5 Å². The highest BCUT2D eigenvalue weighted by molar-refractivity contribution is 6.33. The molecular formula is C25H33ClN2O3. The van der Waals surface area contributed by atoms with Crippen LogP contribution >= 0.6 is 11.6 Å². The molecule has 0 aliphatic heterocycles. The lowest BCUT2D eigenvalue weighted by Gasteiger charge is -2.12. The zero-order chi connectivity index (χ0) is 22.3. The molecule has 2 aromatic carbocycles. The van der Waals surface area contributed by atoms with Crippen LogP contribution in [0.15, 0.2) is 47.6 Å². The number of hydrogen-bond acceptors (Lipinski definition) is 4. The number of carbonyl (C=O) groups excluding carboxylic acids is 1. The molecule has 168 valence electrons. The molecule has 0 saturated heterocycles. The first-order chi connectivity index (χ1) is 15.2. The van der Waals surface area contributed by atoms with Gasteiger partial charge in [0, 0.05) is 0 Å². The maximum Gasteiger partial charge on any atom is 0.272 e. The van der Waals surface area contributed by atoms with Gasteiger partial charge in [-0.3, -0.25) is 4.79 Å². The number of amides is 1. The van der Waals surface area contributed by atoms with E-state index in [2.05, 4.69) is 17.5 Å². The van der Waals surface area contributed by atoms with E-state index in [1.165, 1.54) is 38.5 Å². The van der Waals surface area contributed by atoms with E-state index in [0.717, 1.165) is 17.7 Å². The summed E-state index contributed by atoms with van der Waals surface area (Å²) in [6, 6.07) is 12.5. The third-order valence-electron chi connectivity index (χ3n) is 4.77. The number of carbonyl (C=O) groups is 1. The summed E-state index contributed by atoms with van der Waals surface area (Å²) in [4.78, 5) is 12.2. The van der Waals surface area contributed by atoms with Crippen molar-refractivity contribution in [2.75, 3.05) is 13.2 Å². The Balaban J connectivity index is 1.85. The van der Waals surface area contributed by atoms with Crippen LogP contribution in [0.1, 0.15) is 74.7 Å². The molecule has 1 amide bonds. The van der Waals surface area contributed by atoms with E-state index in [1.807, 2.05) is 25.1 Å². The predicted octanol–water partition coefficient (Wildman–Crippen LogP) is 6.63. The van der Waals surface area contributed by atoms with Crippen LogP contribution in [0.2, 0.25) is 5.02 Å². The van der Waals surface area contributed by atoms with Gasteiger partial charge in [0.05, 0.1) is 30.0 Å². The minimum absolute atomic E-state index is 0.360. The van der Waals surface area contributed by atoms with Crippen molar-refractivity contribution in [3.63, 3.8) is 0 Å². The fraction of sp³-hybridized carbons (Fsp3) is 0.440. The SMILES string of the molecule is CCCCCCCCCOc1ccc(/C=N\NC(=O)c2ccccc2Cl)cc1OCC. The number of rotatable bonds is 14. The summed E-state index contributed by atoms with van der Waals surface area (Å²) >= 11 is 6.03. The molecule has 0 aliphatic carbocycles. The average molecular weight is 445 g/mol. The van der Waals surface area contributed by atoms with Crippen LogP contribution in [0.25, 0.3) is 0 Å². The fourth-order valence-electron chi connectivity index (χ4n) is 3.10. The van der Waals surface area contributed by atoms with Crippen LogP contribution in [0.5, 0.6) is 11.5 Å². The molecular weight excluding hydrogens is 412 g/mol. The highest BCUT2D eigenvalue weighted by atomic mass is 35.5. The van der Waals surface area contributed by atoms with Crippen LogP contribution in [0.3, 0.4) is 0 Å². The standard InChI is InChI=1S/C25H33ClN2O3/c1-3-5-6-7-8-9-12-17-31-23-16-15-20(18-24(23)30-4-2)19-27-28-25(29)21-13-10-11-14-22(21)26/h10-11,13-16,18-19H,3-9,12,17H2,1-2H3,(H,28,29)/b27-19-. The molecule has 0 aromatic heterocycles. The molecule has 0 atom stereocenters. The Hall–Kier alpha value is -2.53. The Labute approximate surface area is 190 Å². The van der Waals surface area contributed by atoms with Gasteiger partial charge in [-0.1, -0.05) is 69.2 Å². The molecule has 0 spiro atoms. The summed E-state index contributed by atoms with van der Waals surface area (Å²) < 4.78 is 11.7. The van der Waals surface area contributed by atoms with Crippen LogP contribution < -0.4 is 14.9 Å². The predicted molar refractivity (Wildman–Crippen MR) is 128 cm³/mol. The smallest absolute Gasteiger partial charge is 0.272 e. The highest BCUT2D eigenvalue weighted by Gasteiger charge is 2.09. The second-order valence-corrected chi connectivity index (χ2v) is 7.70. The van der Waals surface area contributed by atoms with Gasteiger partial charge in [0.25, 0.3) is 5.91 Å². The lowest BCUT2D eigenvalue weighted by atomic mass is 10.1. The monoisotopic (exact) mass is 444 g/mol. The molecule has 2 rings (SSSR count). The summed E-state index contributed by atoms with van der Waals surface area (Å²) in [6.45, 7) is 5.38. The Morgan fingerprint density at radius 3 is 2.45 bits per heavy atom. The second kappa shape index (κ2) is 14.5. The summed E-state index contributed by atoms with van der Waals surface area (Å²) in [6.07, 6.45) is 10.3. The highest BCUT2D eigenvalue weighted by Crippen LogP contribution is 2.28. The topological polar surface area (TPSA) is 59.9 Å². The van der Waals surface area contributed by atoms with Crippen molar-refractivity contribution in [3.05, 3.63) is 58.6 Å². The van der Waals surface area contributed by atoms with E-state index in [0.29, 0.717) is 29.5 Å². The molecule has 1 N–H and O–H groups in total. The zero-order valence-electron chi connectivity index (χ0n) is 18.5. The summed E-state index contributed by atoms with van der Waals surface area (Å²) in [5.74, 6) is 1.04. The molecule has 31 heavy (non-hydrogen) atoms. The first-order valence-corrected chi connectivity index (χ1v) is 11.5. The van der Waals surface area contributed by atoms with Gasteiger partial charge in [-0.15, -0.1) is 0 Å². The van der Waals surface area contributed by atoms with E-state index in [-0.39, 0.29) is 5.91 Å². The minimum atomic E-state index is -0.360. The second-order valence-electron chi connectivity index (χ2n) is 7.29. The van der Waals surface area contributed by atoms with Crippen molar-refractivity contribution < 1.29 is 14.3 Å². The molecule has 0 bridgehead atoms. The first kappa shape index (κ1) is 24.7. The summed E-state index contributed by atoms with van der Waals surface area (Å²) in [5, 5.41) is 4.41. The van der Waals surface area contributed by atoms with E-state index in [4.69, 9.17) is 21.1 Å². The maximum atomic E-state index is 12.2. The molecule has 0 heterocycles. The first-order valence-electron chi connectivity index (χ1n) is 11.1. The van der Waals surface area contributed by atoms with Crippen molar-refractivity contribution >= 4 is 23.7 Å². The molecule has 2 aromatic rings. The Bertz CT molecular complexity index is 839. The van der Waals surface area contributed by atoms with Gasteiger partial charge >= 0.3 is 0 Å². The zero-order valence-corrected chi connectivity index (χ0v) is 19.3. The number of nitrogens with one attached hydrogen (secondary N) is 1. The lowest BCUT2D eigenvalue weighted by molar-refractivity contribution is 0.0955. The quantitative estimate of drug-likeness (QED) is 0.202. The van der Waals surface area contributed by atoms with Gasteiger partial charge in [-0.25, -0.2) is 5.43 Å². The van der Waals surface area contributed by atoms with Gasteiger partial charge in [-0.05, 0) is 49.2 Å². The van der Waals surface area contributed by atoms with Gasteiger partial charge in [-0.2, -0.15) is 5.10 Å². The van der Waals surface area contributed by atoms with Crippen LogP contribution in [0.4, 0.5) is 0 Å². The lowest BCUT2D eigenvalue weighted by Crippen LogP contribution is -2.17. The summed E-state index contributed by atoms with van der Waals surface area (Å²) in [7, 11) is 0. The molecule has 0 unspecified atom stereocenters. The van der Waals surface area contributed by atoms with Crippen molar-refractivity contribution in [1.29, 1.82) is 0 Å². The van der Waals surface area contributed by atoms with E-state index >= 15 is 0 Å². The molecule has 5 nitrogen and oxygen atoms in total. The molecule has 0 fully saturated rings. The number of halogens is 1. The molecule has 0 radical (unpaired) electrons. The number of nitrogens with zero attached hydrogens (tertiary/aromatic N) is 1. The Morgan fingerprint density at radius 1 is 0.968 bits per heavy atom. The number of hydrazone groups is 1. The Morgan fingerprint density at radius 2 is 1.71 bits per heavy atom. The largest absolute Gasteiger partial charge is 0.490 e. The molecule has 0 aliphatic rings. The number of hydrogen-bond donors (Lipinski definition) is 1.